The third-order valence-corrected chi connectivity index (χ3v) is 4.19. The van der Waals surface area contributed by atoms with Gasteiger partial charge in [-0.1, -0.05) is 25.3 Å². The maximum absolute atomic E-state index is 12.2. The molecule has 6 nitrogen and oxygen atoms in total. The zero-order valence-corrected chi connectivity index (χ0v) is 13.2. The van der Waals surface area contributed by atoms with Crippen LogP contribution in [0, 0.1) is 6.92 Å². The number of nitrogens with zero attached hydrogens (tertiary/aromatic N) is 2. The highest BCUT2D eigenvalue weighted by atomic mass is 16.4. The summed E-state index contributed by atoms with van der Waals surface area (Å²) in [6, 6.07) is 7.25. The SMILES string of the molecule is Cc1nnc(-c2cccc(NC(=O)CC3(O)CCCCC3)c2)o1. The van der Waals surface area contributed by atoms with E-state index < -0.39 is 5.60 Å². The number of aryl methyl sites for hydroxylation is 1. The molecule has 2 aromatic rings. The van der Waals surface area contributed by atoms with E-state index in [2.05, 4.69) is 15.5 Å². The van der Waals surface area contributed by atoms with Gasteiger partial charge in [0.15, 0.2) is 0 Å². The van der Waals surface area contributed by atoms with Crippen LogP contribution in [0.4, 0.5) is 5.69 Å². The van der Waals surface area contributed by atoms with Gasteiger partial charge in [-0.3, -0.25) is 4.79 Å². The topological polar surface area (TPSA) is 88.2 Å². The monoisotopic (exact) mass is 315 g/mol. The van der Waals surface area contributed by atoms with Gasteiger partial charge in [-0.2, -0.15) is 0 Å². The summed E-state index contributed by atoms with van der Waals surface area (Å²) in [4.78, 5) is 12.2. The van der Waals surface area contributed by atoms with E-state index in [1.165, 1.54) is 0 Å². The summed E-state index contributed by atoms with van der Waals surface area (Å²) < 4.78 is 5.39. The van der Waals surface area contributed by atoms with Gasteiger partial charge < -0.3 is 14.8 Å². The Kier molecular flexibility index (Phi) is 4.43. The Hall–Kier alpha value is -2.21. The minimum Gasteiger partial charge on any atom is -0.421 e. The Labute approximate surface area is 134 Å². The van der Waals surface area contributed by atoms with E-state index in [0.29, 0.717) is 30.3 Å². The normalized spacial score (nSPS) is 17.0. The number of aliphatic hydroxyl groups is 1. The van der Waals surface area contributed by atoms with Crippen LogP contribution in [0.2, 0.25) is 0 Å². The number of carbonyl (C=O) groups is 1. The zero-order chi connectivity index (χ0) is 16.3. The van der Waals surface area contributed by atoms with Gasteiger partial charge in [0, 0.05) is 18.2 Å². The highest BCUT2D eigenvalue weighted by Gasteiger charge is 2.31. The summed E-state index contributed by atoms with van der Waals surface area (Å²) in [5, 5.41) is 21.1. The molecule has 1 aliphatic carbocycles. The minimum absolute atomic E-state index is 0.136. The van der Waals surface area contributed by atoms with Gasteiger partial charge in [-0.05, 0) is 31.0 Å². The van der Waals surface area contributed by atoms with Crippen molar-refractivity contribution in [1.29, 1.82) is 0 Å². The van der Waals surface area contributed by atoms with Gasteiger partial charge in [0.1, 0.15) is 0 Å². The van der Waals surface area contributed by atoms with Gasteiger partial charge in [0.2, 0.25) is 17.7 Å². The maximum Gasteiger partial charge on any atom is 0.247 e. The zero-order valence-electron chi connectivity index (χ0n) is 13.2. The highest BCUT2D eigenvalue weighted by molar-refractivity contribution is 5.92. The number of hydrogen-bond donors (Lipinski definition) is 2. The van der Waals surface area contributed by atoms with Crippen molar-refractivity contribution in [2.45, 2.75) is 51.0 Å². The fourth-order valence-corrected chi connectivity index (χ4v) is 3.03. The largest absolute Gasteiger partial charge is 0.421 e. The number of nitrogens with one attached hydrogen (secondary N) is 1. The molecule has 0 radical (unpaired) electrons. The molecule has 0 bridgehead atoms. The molecule has 23 heavy (non-hydrogen) atoms. The van der Waals surface area contributed by atoms with Gasteiger partial charge in [0.25, 0.3) is 0 Å². The molecule has 1 aromatic carbocycles. The lowest BCUT2D eigenvalue weighted by Crippen LogP contribution is -2.35. The predicted molar refractivity (Wildman–Crippen MR) is 85.8 cm³/mol. The molecule has 0 saturated heterocycles. The maximum atomic E-state index is 12.2. The molecule has 3 rings (SSSR count). The van der Waals surface area contributed by atoms with Crippen molar-refractivity contribution in [3.63, 3.8) is 0 Å². The van der Waals surface area contributed by atoms with E-state index in [0.717, 1.165) is 24.8 Å². The van der Waals surface area contributed by atoms with Crippen LogP contribution in [-0.4, -0.2) is 26.8 Å². The molecule has 2 N–H and O–H groups in total. The first-order chi connectivity index (χ1) is 11.0. The fourth-order valence-electron chi connectivity index (χ4n) is 3.03. The summed E-state index contributed by atoms with van der Waals surface area (Å²) in [7, 11) is 0. The van der Waals surface area contributed by atoms with Crippen LogP contribution in [0.5, 0.6) is 0 Å². The first-order valence-corrected chi connectivity index (χ1v) is 7.97. The first-order valence-electron chi connectivity index (χ1n) is 7.97. The van der Waals surface area contributed by atoms with Crippen molar-refractivity contribution in [3.8, 4) is 11.5 Å². The van der Waals surface area contributed by atoms with Crippen LogP contribution in [0.1, 0.15) is 44.4 Å². The van der Waals surface area contributed by atoms with E-state index in [9.17, 15) is 9.90 Å². The van der Waals surface area contributed by atoms with Crippen LogP contribution in [0.25, 0.3) is 11.5 Å². The summed E-state index contributed by atoms with van der Waals surface area (Å²) in [5.74, 6) is 0.742. The Morgan fingerprint density at radius 3 is 2.78 bits per heavy atom. The second kappa shape index (κ2) is 6.50. The Balaban J connectivity index is 1.67. The lowest BCUT2D eigenvalue weighted by atomic mass is 9.82. The van der Waals surface area contributed by atoms with E-state index in [1.54, 1.807) is 19.1 Å². The molecule has 1 fully saturated rings. The number of anilines is 1. The first kappa shape index (κ1) is 15.7. The standard InChI is InChI=1S/C17H21N3O3/c1-12-19-20-16(23-12)13-6-5-7-14(10-13)18-15(21)11-17(22)8-3-2-4-9-17/h5-7,10,22H,2-4,8-9,11H2,1H3,(H,18,21). The number of amides is 1. The van der Waals surface area contributed by atoms with Crippen molar-refractivity contribution in [2.24, 2.45) is 0 Å². The number of hydrogen-bond acceptors (Lipinski definition) is 5. The molecule has 0 atom stereocenters. The lowest BCUT2D eigenvalue weighted by Gasteiger charge is -2.31. The smallest absolute Gasteiger partial charge is 0.247 e. The summed E-state index contributed by atoms with van der Waals surface area (Å²) >= 11 is 0. The Morgan fingerprint density at radius 1 is 1.30 bits per heavy atom. The minimum atomic E-state index is -0.858. The molecule has 1 aromatic heterocycles. The second-order valence-corrected chi connectivity index (χ2v) is 6.22. The number of carbonyl (C=O) groups excluding carboxylic acids is 1. The Morgan fingerprint density at radius 2 is 2.09 bits per heavy atom. The molecule has 1 saturated carbocycles. The summed E-state index contributed by atoms with van der Waals surface area (Å²) in [5.41, 5.74) is 0.548. The van der Waals surface area contributed by atoms with Crippen molar-refractivity contribution in [3.05, 3.63) is 30.2 Å². The average Bonchev–Trinajstić information content (AvgIpc) is 2.94. The number of benzene rings is 1. The number of rotatable bonds is 4. The molecule has 0 spiro atoms. The van der Waals surface area contributed by atoms with E-state index in [1.807, 2.05) is 12.1 Å². The third kappa shape index (κ3) is 3.96. The van der Waals surface area contributed by atoms with Gasteiger partial charge in [-0.15, -0.1) is 10.2 Å². The Bertz CT molecular complexity index is 690. The summed E-state index contributed by atoms with van der Waals surface area (Å²) in [6.07, 6.45) is 4.63. The molecule has 122 valence electrons. The summed E-state index contributed by atoms with van der Waals surface area (Å²) in [6.45, 7) is 1.73. The van der Waals surface area contributed by atoms with Crippen LogP contribution in [0.3, 0.4) is 0 Å². The molecule has 1 heterocycles. The van der Waals surface area contributed by atoms with Gasteiger partial charge in [0.05, 0.1) is 12.0 Å². The van der Waals surface area contributed by atoms with Crippen molar-refractivity contribution in [2.75, 3.05) is 5.32 Å². The van der Waals surface area contributed by atoms with E-state index in [-0.39, 0.29) is 12.3 Å². The van der Waals surface area contributed by atoms with Gasteiger partial charge in [-0.25, -0.2) is 0 Å². The molecule has 0 unspecified atom stereocenters. The second-order valence-electron chi connectivity index (χ2n) is 6.22. The molecule has 0 aliphatic heterocycles. The highest BCUT2D eigenvalue weighted by Crippen LogP contribution is 2.31. The van der Waals surface area contributed by atoms with Crippen LogP contribution in [0.15, 0.2) is 28.7 Å². The van der Waals surface area contributed by atoms with Crippen LogP contribution in [-0.2, 0) is 4.79 Å². The predicted octanol–water partition coefficient (Wildman–Crippen LogP) is 3.07. The molecular weight excluding hydrogens is 294 g/mol. The molecule has 6 heteroatoms. The number of aromatic nitrogens is 2. The van der Waals surface area contributed by atoms with E-state index in [4.69, 9.17) is 4.42 Å². The average molecular weight is 315 g/mol. The fraction of sp³-hybridized carbons (Fsp3) is 0.471. The molecule has 1 aliphatic rings. The van der Waals surface area contributed by atoms with Crippen molar-refractivity contribution in [1.82, 2.24) is 10.2 Å². The van der Waals surface area contributed by atoms with Crippen LogP contribution < -0.4 is 5.32 Å². The van der Waals surface area contributed by atoms with Crippen LogP contribution >= 0.6 is 0 Å². The molecular formula is C17H21N3O3. The van der Waals surface area contributed by atoms with E-state index >= 15 is 0 Å². The lowest BCUT2D eigenvalue weighted by molar-refractivity contribution is -0.122. The van der Waals surface area contributed by atoms with Crippen molar-refractivity contribution < 1.29 is 14.3 Å². The quantitative estimate of drug-likeness (QED) is 0.905. The van der Waals surface area contributed by atoms with Gasteiger partial charge >= 0.3 is 0 Å². The third-order valence-electron chi connectivity index (χ3n) is 4.19. The van der Waals surface area contributed by atoms with Crippen molar-refractivity contribution >= 4 is 11.6 Å². The molecule has 1 amide bonds.